The molecule has 11 heavy (non-hydrogen) atoms. The van der Waals surface area contributed by atoms with Gasteiger partial charge in [0.25, 0.3) is 0 Å². The van der Waals surface area contributed by atoms with Crippen molar-refractivity contribution < 1.29 is 5.11 Å². The second-order valence-electron chi connectivity index (χ2n) is 4.04. The van der Waals surface area contributed by atoms with Crippen LogP contribution in [0.15, 0.2) is 0 Å². The minimum absolute atomic E-state index is 0.300. The number of hydrogen-bond acceptors (Lipinski definition) is 1. The maximum atomic E-state index is 9.32. The van der Waals surface area contributed by atoms with Crippen molar-refractivity contribution in [3.63, 3.8) is 0 Å². The molecular formula is C10H20O. The fourth-order valence-electron chi connectivity index (χ4n) is 2.32. The van der Waals surface area contributed by atoms with E-state index >= 15 is 0 Å². The average Bonchev–Trinajstić information content (AvgIpc) is 2.52. The highest BCUT2D eigenvalue weighted by molar-refractivity contribution is 4.87. The lowest BCUT2D eigenvalue weighted by atomic mass is 9.74. The summed E-state index contributed by atoms with van der Waals surface area (Å²) in [5.41, 5.74) is 0.300. The molecule has 0 radical (unpaired) electrons. The summed E-state index contributed by atoms with van der Waals surface area (Å²) in [4.78, 5) is 0. The van der Waals surface area contributed by atoms with Gasteiger partial charge in [-0.05, 0) is 24.2 Å². The molecule has 0 saturated heterocycles. The second-order valence-corrected chi connectivity index (χ2v) is 4.04. The molecule has 0 bridgehead atoms. The monoisotopic (exact) mass is 156 g/mol. The van der Waals surface area contributed by atoms with Crippen molar-refractivity contribution in [1.82, 2.24) is 0 Å². The number of aliphatic hydroxyl groups excluding tert-OH is 1. The van der Waals surface area contributed by atoms with Gasteiger partial charge in [-0.3, -0.25) is 0 Å². The van der Waals surface area contributed by atoms with Crippen LogP contribution < -0.4 is 0 Å². The van der Waals surface area contributed by atoms with Gasteiger partial charge in [0, 0.05) is 6.61 Å². The number of rotatable bonds is 3. The molecule has 1 aliphatic carbocycles. The van der Waals surface area contributed by atoms with Crippen LogP contribution in [0.1, 0.15) is 46.0 Å². The van der Waals surface area contributed by atoms with E-state index < -0.39 is 0 Å². The highest BCUT2D eigenvalue weighted by Gasteiger charge is 2.37. The van der Waals surface area contributed by atoms with Gasteiger partial charge in [0.15, 0.2) is 0 Å². The van der Waals surface area contributed by atoms with Gasteiger partial charge in [0.1, 0.15) is 0 Å². The molecule has 0 amide bonds. The van der Waals surface area contributed by atoms with Crippen molar-refractivity contribution >= 4 is 0 Å². The van der Waals surface area contributed by atoms with Crippen molar-refractivity contribution in [2.45, 2.75) is 46.0 Å². The van der Waals surface area contributed by atoms with E-state index in [0.717, 1.165) is 0 Å². The molecule has 0 spiro atoms. The van der Waals surface area contributed by atoms with E-state index in [-0.39, 0.29) is 0 Å². The first kappa shape index (κ1) is 9.05. The Bertz CT molecular complexity index is 114. The molecule has 0 aromatic rings. The molecule has 0 aromatic heterocycles. The van der Waals surface area contributed by atoms with Gasteiger partial charge in [-0.15, -0.1) is 0 Å². The lowest BCUT2D eigenvalue weighted by molar-refractivity contribution is 0.0726. The third-order valence-corrected chi connectivity index (χ3v) is 3.57. The maximum Gasteiger partial charge on any atom is 0.0489 e. The van der Waals surface area contributed by atoms with Crippen LogP contribution in [0.4, 0.5) is 0 Å². The molecule has 1 atom stereocenters. The molecule has 66 valence electrons. The topological polar surface area (TPSA) is 20.2 Å². The quantitative estimate of drug-likeness (QED) is 0.666. The van der Waals surface area contributed by atoms with Crippen molar-refractivity contribution in [2.75, 3.05) is 6.61 Å². The summed E-state index contributed by atoms with van der Waals surface area (Å²) in [6.07, 6.45) is 6.35. The Morgan fingerprint density at radius 1 is 1.36 bits per heavy atom. The summed E-state index contributed by atoms with van der Waals surface area (Å²) in [6.45, 7) is 4.91. The van der Waals surface area contributed by atoms with Crippen molar-refractivity contribution in [2.24, 2.45) is 11.3 Å². The Kier molecular flexibility index (Phi) is 2.94. The molecule has 1 nitrogen and oxygen atoms in total. The first-order chi connectivity index (χ1) is 5.25. The Morgan fingerprint density at radius 3 is 2.27 bits per heavy atom. The zero-order valence-electron chi connectivity index (χ0n) is 7.77. The van der Waals surface area contributed by atoms with E-state index in [2.05, 4.69) is 13.8 Å². The predicted molar refractivity (Wildman–Crippen MR) is 47.4 cm³/mol. The summed E-state index contributed by atoms with van der Waals surface area (Å²) >= 11 is 0. The summed E-state index contributed by atoms with van der Waals surface area (Å²) in [7, 11) is 0. The molecule has 1 aliphatic rings. The van der Waals surface area contributed by atoms with Gasteiger partial charge >= 0.3 is 0 Å². The third kappa shape index (κ3) is 1.58. The van der Waals surface area contributed by atoms with E-state index in [4.69, 9.17) is 0 Å². The Balaban J connectivity index is 2.58. The molecule has 1 N–H and O–H groups in total. The van der Waals surface area contributed by atoms with Crippen molar-refractivity contribution in [3.05, 3.63) is 0 Å². The second kappa shape index (κ2) is 3.57. The molecular weight excluding hydrogens is 136 g/mol. The van der Waals surface area contributed by atoms with Gasteiger partial charge in [-0.1, -0.05) is 33.1 Å². The Morgan fingerprint density at radius 2 is 1.91 bits per heavy atom. The predicted octanol–water partition coefficient (Wildman–Crippen LogP) is 2.59. The van der Waals surface area contributed by atoms with E-state index in [1.165, 1.54) is 32.1 Å². The van der Waals surface area contributed by atoms with Crippen LogP contribution in [0.25, 0.3) is 0 Å². The Labute approximate surface area is 69.8 Å². The summed E-state index contributed by atoms with van der Waals surface area (Å²) in [6, 6.07) is 0. The highest BCUT2D eigenvalue weighted by atomic mass is 16.3. The van der Waals surface area contributed by atoms with Crippen molar-refractivity contribution in [1.29, 1.82) is 0 Å². The summed E-state index contributed by atoms with van der Waals surface area (Å²) in [5.74, 6) is 0.704. The fourth-order valence-corrected chi connectivity index (χ4v) is 2.32. The summed E-state index contributed by atoms with van der Waals surface area (Å²) < 4.78 is 0. The average molecular weight is 156 g/mol. The van der Waals surface area contributed by atoms with Crippen LogP contribution in [0.2, 0.25) is 0 Å². The fraction of sp³-hybridized carbons (Fsp3) is 1.00. The smallest absolute Gasteiger partial charge is 0.0489 e. The lowest BCUT2D eigenvalue weighted by Crippen LogP contribution is -2.29. The Hall–Kier alpha value is -0.0400. The third-order valence-electron chi connectivity index (χ3n) is 3.57. The summed E-state index contributed by atoms with van der Waals surface area (Å²) in [5, 5.41) is 9.32. The SMILES string of the molecule is CCC(C)C1(CO)CCCC1. The molecule has 1 rings (SSSR count). The van der Waals surface area contributed by atoms with Gasteiger partial charge < -0.3 is 5.11 Å². The molecule has 0 aromatic carbocycles. The van der Waals surface area contributed by atoms with Crippen LogP contribution in [-0.2, 0) is 0 Å². The molecule has 1 saturated carbocycles. The first-order valence-electron chi connectivity index (χ1n) is 4.86. The molecule has 0 aliphatic heterocycles. The van der Waals surface area contributed by atoms with E-state index in [0.29, 0.717) is 17.9 Å². The standard InChI is InChI=1S/C10H20O/c1-3-9(2)10(8-11)6-4-5-7-10/h9,11H,3-8H2,1-2H3. The molecule has 1 unspecified atom stereocenters. The van der Waals surface area contributed by atoms with Crippen LogP contribution in [-0.4, -0.2) is 11.7 Å². The van der Waals surface area contributed by atoms with Crippen LogP contribution >= 0.6 is 0 Å². The largest absolute Gasteiger partial charge is 0.396 e. The van der Waals surface area contributed by atoms with Gasteiger partial charge in [0.05, 0.1) is 0 Å². The lowest BCUT2D eigenvalue weighted by Gasteiger charge is -2.32. The van der Waals surface area contributed by atoms with Gasteiger partial charge in [-0.25, -0.2) is 0 Å². The van der Waals surface area contributed by atoms with E-state index in [9.17, 15) is 5.11 Å². The van der Waals surface area contributed by atoms with Crippen LogP contribution in [0.5, 0.6) is 0 Å². The number of aliphatic hydroxyl groups is 1. The van der Waals surface area contributed by atoms with Crippen LogP contribution in [0, 0.1) is 11.3 Å². The van der Waals surface area contributed by atoms with Gasteiger partial charge in [-0.2, -0.15) is 0 Å². The zero-order valence-corrected chi connectivity index (χ0v) is 7.77. The van der Waals surface area contributed by atoms with E-state index in [1.807, 2.05) is 0 Å². The number of hydrogen-bond donors (Lipinski definition) is 1. The minimum Gasteiger partial charge on any atom is -0.396 e. The van der Waals surface area contributed by atoms with Gasteiger partial charge in [0.2, 0.25) is 0 Å². The highest BCUT2D eigenvalue weighted by Crippen LogP contribution is 2.44. The molecule has 1 heteroatoms. The zero-order chi connectivity index (χ0) is 8.32. The molecule has 0 heterocycles. The first-order valence-corrected chi connectivity index (χ1v) is 4.86. The molecule has 1 fully saturated rings. The van der Waals surface area contributed by atoms with E-state index in [1.54, 1.807) is 0 Å². The minimum atomic E-state index is 0.300. The normalized spacial score (nSPS) is 25.4. The van der Waals surface area contributed by atoms with Crippen molar-refractivity contribution in [3.8, 4) is 0 Å². The maximum absolute atomic E-state index is 9.32. The van der Waals surface area contributed by atoms with Crippen LogP contribution in [0.3, 0.4) is 0 Å².